The van der Waals surface area contributed by atoms with Gasteiger partial charge < -0.3 is 10.2 Å². The molecule has 126 valence electrons. The van der Waals surface area contributed by atoms with Gasteiger partial charge in [0.05, 0.1) is 6.26 Å². The van der Waals surface area contributed by atoms with Crippen molar-refractivity contribution >= 4 is 15.9 Å². The maximum atomic E-state index is 12.7. The van der Waals surface area contributed by atoms with Crippen LogP contribution in [0.2, 0.25) is 0 Å². The Hall–Kier alpha value is -1.44. The predicted octanol–water partition coefficient (Wildman–Crippen LogP) is 0.691. The molecule has 2 N–H and O–H groups in total. The molecule has 2 aliphatic heterocycles. The molecule has 1 amide bonds. The van der Waals surface area contributed by atoms with Gasteiger partial charge >= 0.3 is 0 Å². The van der Waals surface area contributed by atoms with Gasteiger partial charge in [-0.3, -0.25) is 4.79 Å². The van der Waals surface area contributed by atoms with Gasteiger partial charge in [0, 0.05) is 38.3 Å². The summed E-state index contributed by atoms with van der Waals surface area (Å²) in [4.78, 5) is 14.6. The zero-order valence-corrected chi connectivity index (χ0v) is 14.2. The van der Waals surface area contributed by atoms with E-state index in [0.29, 0.717) is 13.1 Å². The van der Waals surface area contributed by atoms with Gasteiger partial charge in [-0.15, -0.1) is 0 Å². The van der Waals surface area contributed by atoms with E-state index in [-0.39, 0.29) is 11.8 Å². The summed E-state index contributed by atoms with van der Waals surface area (Å²) >= 11 is 0. The highest BCUT2D eigenvalue weighted by atomic mass is 32.2. The Morgan fingerprint density at radius 2 is 2.13 bits per heavy atom. The second kappa shape index (κ2) is 6.59. The van der Waals surface area contributed by atoms with Crippen molar-refractivity contribution in [3.63, 3.8) is 0 Å². The van der Waals surface area contributed by atoms with E-state index in [1.807, 2.05) is 23.1 Å². The number of hydrogen-bond donors (Lipinski definition) is 2. The lowest BCUT2D eigenvalue weighted by molar-refractivity contribution is 0.0676. The number of carbonyl (C=O) groups is 1. The molecule has 0 saturated carbocycles. The van der Waals surface area contributed by atoms with Gasteiger partial charge in [0.15, 0.2) is 0 Å². The number of amides is 1. The van der Waals surface area contributed by atoms with Crippen LogP contribution < -0.4 is 10.0 Å². The first-order valence-electron chi connectivity index (χ1n) is 7.99. The van der Waals surface area contributed by atoms with Crippen LogP contribution in [0.3, 0.4) is 0 Å². The second-order valence-corrected chi connectivity index (χ2v) is 8.30. The minimum absolute atomic E-state index is 0.0451. The number of benzene rings is 1. The average molecular weight is 337 g/mol. The van der Waals surface area contributed by atoms with Crippen molar-refractivity contribution < 1.29 is 13.2 Å². The molecule has 3 rings (SSSR count). The number of carbonyl (C=O) groups excluding carboxylic acids is 1. The second-order valence-electron chi connectivity index (χ2n) is 6.47. The third-order valence-electron chi connectivity index (χ3n) is 4.52. The Labute approximate surface area is 137 Å². The van der Waals surface area contributed by atoms with Crippen LogP contribution in [-0.4, -0.2) is 45.1 Å². The molecule has 0 bridgehead atoms. The van der Waals surface area contributed by atoms with Crippen LogP contribution in [0.5, 0.6) is 0 Å². The van der Waals surface area contributed by atoms with E-state index in [2.05, 4.69) is 10.0 Å². The van der Waals surface area contributed by atoms with Crippen LogP contribution in [0.15, 0.2) is 18.2 Å². The van der Waals surface area contributed by atoms with Crippen LogP contribution in [-0.2, 0) is 23.1 Å². The molecule has 1 fully saturated rings. The SMILES string of the molecule is CS(=O)(=O)NCC1CCCN(C(=O)c2ccc3c(c2)CNC3)C1. The topological polar surface area (TPSA) is 78.5 Å². The lowest BCUT2D eigenvalue weighted by atomic mass is 9.97. The summed E-state index contributed by atoms with van der Waals surface area (Å²) in [5.41, 5.74) is 3.18. The third kappa shape index (κ3) is 4.10. The standard InChI is InChI=1S/C16H23N3O3S/c1-23(21,22)18-8-12-3-2-6-19(11-12)16(20)13-4-5-14-9-17-10-15(14)7-13/h4-5,7,12,17-18H,2-3,6,8-11H2,1H3. The first-order chi connectivity index (χ1) is 10.9. The Balaban J connectivity index is 1.65. The van der Waals surface area contributed by atoms with Crippen LogP contribution in [0.4, 0.5) is 0 Å². The van der Waals surface area contributed by atoms with Crippen molar-refractivity contribution in [3.05, 3.63) is 34.9 Å². The molecular formula is C16H23N3O3S. The summed E-state index contributed by atoms with van der Waals surface area (Å²) in [5, 5.41) is 3.28. The van der Waals surface area contributed by atoms with Crippen molar-refractivity contribution in [2.75, 3.05) is 25.9 Å². The quantitative estimate of drug-likeness (QED) is 0.847. The lowest BCUT2D eigenvalue weighted by Crippen LogP contribution is -2.43. The van der Waals surface area contributed by atoms with Crippen LogP contribution in [0, 0.1) is 5.92 Å². The number of piperidine rings is 1. The molecule has 2 heterocycles. The summed E-state index contributed by atoms with van der Waals surface area (Å²) in [7, 11) is -3.18. The first kappa shape index (κ1) is 16.4. The smallest absolute Gasteiger partial charge is 0.253 e. The van der Waals surface area contributed by atoms with E-state index in [9.17, 15) is 13.2 Å². The van der Waals surface area contributed by atoms with Crippen molar-refractivity contribution in [1.29, 1.82) is 0 Å². The highest BCUT2D eigenvalue weighted by molar-refractivity contribution is 7.88. The van der Waals surface area contributed by atoms with Gasteiger partial charge in [0.2, 0.25) is 10.0 Å². The molecule has 23 heavy (non-hydrogen) atoms. The fraction of sp³-hybridized carbons (Fsp3) is 0.562. The largest absolute Gasteiger partial charge is 0.338 e. The number of nitrogens with one attached hydrogen (secondary N) is 2. The Morgan fingerprint density at radius 3 is 2.91 bits per heavy atom. The van der Waals surface area contributed by atoms with Crippen LogP contribution >= 0.6 is 0 Å². The maximum Gasteiger partial charge on any atom is 0.253 e. The molecule has 0 aromatic heterocycles. The Kier molecular flexibility index (Phi) is 4.70. The minimum atomic E-state index is -3.18. The molecule has 0 aliphatic carbocycles. The van der Waals surface area contributed by atoms with E-state index >= 15 is 0 Å². The van der Waals surface area contributed by atoms with E-state index in [0.717, 1.165) is 44.3 Å². The number of hydrogen-bond acceptors (Lipinski definition) is 4. The van der Waals surface area contributed by atoms with Crippen LogP contribution in [0.1, 0.15) is 34.3 Å². The summed E-state index contributed by atoms with van der Waals surface area (Å²) in [5.74, 6) is 0.224. The minimum Gasteiger partial charge on any atom is -0.338 e. The van der Waals surface area contributed by atoms with Gasteiger partial charge in [0.1, 0.15) is 0 Å². The third-order valence-corrected chi connectivity index (χ3v) is 5.22. The monoisotopic (exact) mass is 337 g/mol. The first-order valence-corrected chi connectivity index (χ1v) is 9.88. The van der Waals surface area contributed by atoms with E-state index in [1.54, 1.807) is 0 Å². The van der Waals surface area contributed by atoms with E-state index < -0.39 is 10.0 Å². The van der Waals surface area contributed by atoms with Crippen molar-refractivity contribution in [2.24, 2.45) is 5.92 Å². The molecule has 1 aromatic rings. The molecule has 1 unspecified atom stereocenters. The fourth-order valence-corrected chi connectivity index (χ4v) is 3.83. The molecule has 7 heteroatoms. The van der Waals surface area contributed by atoms with Crippen molar-refractivity contribution in [2.45, 2.75) is 25.9 Å². The number of likely N-dealkylation sites (tertiary alicyclic amines) is 1. The highest BCUT2D eigenvalue weighted by Gasteiger charge is 2.25. The molecular weight excluding hydrogens is 314 g/mol. The van der Waals surface area contributed by atoms with Gasteiger partial charge in [-0.25, -0.2) is 13.1 Å². The average Bonchev–Trinajstić information content (AvgIpc) is 2.99. The molecule has 0 radical (unpaired) electrons. The molecule has 0 spiro atoms. The molecule has 6 nitrogen and oxygen atoms in total. The summed E-state index contributed by atoms with van der Waals surface area (Å²) in [6.45, 7) is 3.43. The lowest BCUT2D eigenvalue weighted by Gasteiger charge is -2.33. The Bertz CT molecular complexity index is 703. The number of nitrogens with zero attached hydrogens (tertiary/aromatic N) is 1. The van der Waals surface area contributed by atoms with Crippen molar-refractivity contribution in [1.82, 2.24) is 14.9 Å². The number of fused-ring (bicyclic) bond motifs is 1. The van der Waals surface area contributed by atoms with Crippen molar-refractivity contribution in [3.8, 4) is 0 Å². The predicted molar refractivity (Wildman–Crippen MR) is 88.5 cm³/mol. The summed E-state index contributed by atoms with van der Waals surface area (Å²) in [6.07, 6.45) is 3.02. The van der Waals surface area contributed by atoms with Gasteiger partial charge in [0.25, 0.3) is 5.91 Å². The summed E-state index contributed by atoms with van der Waals surface area (Å²) < 4.78 is 25.0. The highest BCUT2D eigenvalue weighted by Crippen LogP contribution is 2.21. The summed E-state index contributed by atoms with van der Waals surface area (Å²) in [6, 6.07) is 5.90. The normalized spacial score (nSPS) is 21.3. The van der Waals surface area contributed by atoms with E-state index in [4.69, 9.17) is 0 Å². The Morgan fingerprint density at radius 1 is 1.35 bits per heavy atom. The fourth-order valence-electron chi connectivity index (χ4n) is 3.30. The number of sulfonamides is 1. The zero-order chi connectivity index (χ0) is 16.4. The molecule has 2 aliphatic rings. The molecule has 1 aromatic carbocycles. The van der Waals surface area contributed by atoms with Gasteiger partial charge in [-0.2, -0.15) is 0 Å². The zero-order valence-electron chi connectivity index (χ0n) is 13.3. The maximum absolute atomic E-state index is 12.7. The molecule has 1 saturated heterocycles. The van der Waals surface area contributed by atoms with Gasteiger partial charge in [-0.05, 0) is 42.0 Å². The van der Waals surface area contributed by atoms with Gasteiger partial charge in [-0.1, -0.05) is 6.07 Å². The van der Waals surface area contributed by atoms with E-state index in [1.165, 1.54) is 11.1 Å². The molecule has 1 atom stereocenters. The van der Waals surface area contributed by atoms with Crippen LogP contribution in [0.25, 0.3) is 0 Å². The number of rotatable bonds is 4.